The van der Waals surface area contributed by atoms with Gasteiger partial charge in [-0.15, -0.1) is 0 Å². The summed E-state index contributed by atoms with van der Waals surface area (Å²) in [4.78, 5) is 24.6. The summed E-state index contributed by atoms with van der Waals surface area (Å²) in [7, 11) is 1.39. The second kappa shape index (κ2) is 7.55. The summed E-state index contributed by atoms with van der Waals surface area (Å²) >= 11 is 12.3. The van der Waals surface area contributed by atoms with Gasteiger partial charge in [0.1, 0.15) is 0 Å². The summed E-state index contributed by atoms with van der Waals surface area (Å²) in [6.07, 6.45) is 1.58. The van der Waals surface area contributed by atoms with E-state index in [9.17, 15) is 20.0 Å². The molecule has 1 N–H and O–H groups in total. The highest BCUT2D eigenvalue weighted by atomic mass is 35.5. The number of benzene rings is 2. The first-order chi connectivity index (χ1) is 12.8. The van der Waals surface area contributed by atoms with Crippen LogP contribution in [0.15, 0.2) is 41.3 Å². The van der Waals surface area contributed by atoms with Gasteiger partial charge in [0.05, 0.1) is 27.6 Å². The Hall–Kier alpha value is -2.62. The van der Waals surface area contributed by atoms with E-state index in [-0.39, 0.29) is 28.1 Å². The molecule has 0 spiro atoms. The largest absolute Gasteiger partial charge is 0.503 e. The van der Waals surface area contributed by atoms with Crippen molar-refractivity contribution in [2.75, 3.05) is 12.0 Å². The fourth-order valence-corrected chi connectivity index (χ4v) is 3.92. The van der Waals surface area contributed by atoms with Crippen LogP contribution in [0.1, 0.15) is 5.56 Å². The molecule has 2 aromatic carbocycles. The zero-order valence-corrected chi connectivity index (χ0v) is 16.1. The van der Waals surface area contributed by atoms with Gasteiger partial charge in [-0.3, -0.25) is 19.8 Å². The van der Waals surface area contributed by atoms with Gasteiger partial charge in [-0.1, -0.05) is 35.6 Å². The number of thiocarbonyl (C=S) groups is 1. The number of nitro groups is 1. The second-order valence-corrected chi connectivity index (χ2v) is 7.43. The molecule has 0 aliphatic carbocycles. The van der Waals surface area contributed by atoms with Crippen LogP contribution < -0.4 is 9.64 Å². The lowest BCUT2D eigenvalue weighted by Gasteiger charge is -2.14. The first-order valence-electron chi connectivity index (χ1n) is 7.40. The Morgan fingerprint density at radius 3 is 2.59 bits per heavy atom. The molecule has 1 aliphatic heterocycles. The van der Waals surface area contributed by atoms with Gasteiger partial charge >= 0.3 is 0 Å². The standard InChI is InChI=1S/C17H11ClN2O5S2/c1-25-13-7-9(6-12(18)15(13)21)8-14-16(22)19(17(26)27-14)10-2-4-11(5-3-10)20(23)24/h2-8,21H,1H3. The van der Waals surface area contributed by atoms with Gasteiger partial charge in [0.15, 0.2) is 15.8 Å². The van der Waals surface area contributed by atoms with Crippen molar-refractivity contribution in [2.45, 2.75) is 0 Å². The molecule has 138 valence electrons. The molecule has 10 heteroatoms. The van der Waals surface area contributed by atoms with E-state index >= 15 is 0 Å². The lowest BCUT2D eigenvalue weighted by molar-refractivity contribution is -0.384. The average Bonchev–Trinajstić information content (AvgIpc) is 2.91. The van der Waals surface area contributed by atoms with Crippen molar-refractivity contribution in [2.24, 2.45) is 0 Å². The number of aromatic hydroxyl groups is 1. The van der Waals surface area contributed by atoms with Gasteiger partial charge < -0.3 is 9.84 Å². The molecule has 1 amide bonds. The third-order valence-electron chi connectivity index (χ3n) is 3.68. The number of hydrogen-bond acceptors (Lipinski definition) is 7. The monoisotopic (exact) mass is 422 g/mol. The summed E-state index contributed by atoms with van der Waals surface area (Å²) < 4.78 is 5.36. The minimum Gasteiger partial charge on any atom is -0.503 e. The Morgan fingerprint density at radius 2 is 2.00 bits per heavy atom. The number of phenolic OH excluding ortho intramolecular Hbond substituents is 1. The molecule has 0 saturated carbocycles. The molecule has 1 aliphatic rings. The maximum atomic E-state index is 12.7. The molecule has 1 saturated heterocycles. The number of hydrogen-bond donors (Lipinski definition) is 1. The lowest BCUT2D eigenvalue weighted by Crippen LogP contribution is -2.27. The zero-order chi connectivity index (χ0) is 19.7. The van der Waals surface area contributed by atoms with E-state index in [0.29, 0.717) is 20.5 Å². The molecular weight excluding hydrogens is 412 g/mol. The summed E-state index contributed by atoms with van der Waals surface area (Å²) in [6.45, 7) is 0. The van der Waals surface area contributed by atoms with E-state index in [1.54, 1.807) is 12.1 Å². The van der Waals surface area contributed by atoms with Crippen LogP contribution in [0.25, 0.3) is 6.08 Å². The first kappa shape index (κ1) is 19.2. The number of nitrogens with zero attached hydrogens (tertiary/aromatic N) is 2. The fourth-order valence-electron chi connectivity index (χ4n) is 2.40. The highest BCUT2D eigenvalue weighted by molar-refractivity contribution is 8.27. The highest BCUT2D eigenvalue weighted by Gasteiger charge is 2.33. The van der Waals surface area contributed by atoms with E-state index in [1.807, 2.05) is 0 Å². The minimum atomic E-state index is -0.518. The van der Waals surface area contributed by atoms with Gasteiger partial charge in [0.25, 0.3) is 11.6 Å². The Kier molecular flexibility index (Phi) is 5.36. The second-order valence-electron chi connectivity index (χ2n) is 5.34. The van der Waals surface area contributed by atoms with Crippen LogP contribution in [0.2, 0.25) is 5.02 Å². The molecule has 2 aromatic rings. The molecular formula is C17H11ClN2O5S2. The Labute approximate surface area is 168 Å². The van der Waals surface area contributed by atoms with Crippen LogP contribution in [0.3, 0.4) is 0 Å². The van der Waals surface area contributed by atoms with Crippen LogP contribution in [0, 0.1) is 10.1 Å². The molecule has 0 atom stereocenters. The molecule has 0 radical (unpaired) electrons. The van der Waals surface area contributed by atoms with Gasteiger partial charge in [-0.25, -0.2) is 0 Å². The molecule has 3 rings (SSSR count). The third kappa shape index (κ3) is 3.75. The van der Waals surface area contributed by atoms with Crippen molar-refractivity contribution in [3.8, 4) is 11.5 Å². The van der Waals surface area contributed by atoms with E-state index in [0.717, 1.165) is 11.8 Å². The SMILES string of the molecule is COc1cc(C=C2SC(=S)N(c3ccc([N+](=O)[O-])cc3)C2=O)cc(Cl)c1O. The summed E-state index contributed by atoms with van der Waals surface area (Å²) in [5.74, 6) is -0.364. The van der Waals surface area contributed by atoms with Crippen molar-refractivity contribution >= 4 is 63.3 Å². The first-order valence-corrected chi connectivity index (χ1v) is 9.01. The normalized spacial score (nSPS) is 15.5. The topological polar surface area (TPSA) is 92.9 Å². The quantitative estimate of drug-likeness (QED) is 0.338. The number of carbonyl (C=O) groups excluding carboxylic acids is 1. The van der Waals surface area contributed by atoms with E-state index in [4.69, 9.17) is 28.6 Å². The Bertz CT molecular complexity index is 992. The van der Waals surface area contributed by atoms with Gasteiger partial charge in [0.2, 0.25) is 0 Å². The van der Waals surface area contributed by atoms with Crippen molar-refractivity contribution < 1.29 is 19.6 Å². The number of non-ortho nitro benzene ring substituents is 1. The molecule has 0 bridgehead atoms. The maximum Gasteiger partial charge on any atom is 0.270 e. The number of ether oxygens (including phenoxy) is 1. The number of anilines is 1. The molecule has 1 heterocycles. The molecule has 1 fully saturated rings. The number of thioether (sulfide) groups is 1. The van der Waals surface area contributed by atoms with Crippen molar-refractivity contribution in [1.29, 1.82) is 0 Å². The predicted octanol–water partition coefficient (Wildman–Crippen LogP) is 4.37. The van der Waals surface area contributed by atoms with Crippen LogP contribution in [-0.2, 0) is 4.79 Å². The maximum absolute atomic E-state index is 12.7. The van der Waals surface area contributed by atoms with Gasteiger partial charge in [-0.2, -0.15) is 0 Å². The molecule has 0 unspecified atom stereocenters. The van der Waals surface area contributed by atoms with Crippen molar-refractivity contribution in [1.82, 2.24) is 0 Å². The Morgan fingerprint density at radius 1 is 1.33 bits per heavy atom. The van der Waals surface area contributed by atoms with E-state index in [2.05, 4.69) is 0 Å². The van der Waals surface area contributed by atoms with Gasteiger partial charge in [0, 0.05) is 12.1 Å². The number of rotatable bonds is 4. The summed E-state index contributed by atoms with van der Waals surface area (Å²) in [6, 6.07) is 8.58. The zero-order valence-electron chi connectivity index (χ0n) is 13.7. The van der Waals surface area contributed by atoms with E-state index < -0.39 is 4.92 Å². The average molecular weight is 423 g/mol. The number of nitro benzene ring substituents is 1. The van der Waals surface area contributed by atoms with Gasteiger partial charge in [-0.05, 0) is 35.9 Å². The number of methoxy groups -OCH3 is 1. The highest BCUT2D eigenvalue weighted by Crippen LogP contribution is 2.39. The number of carbonyl (C=O) groups is 1. The predicted molar refractivity (Wildman–Crippen MR) is 108 cm³/mol. The fraction of sp³-hybridized carbons (Fsp3) is 0.0588. The summed E-state index contributed by atoms with van der Waals surface area (Å²) in [5, 5.41) is 20.7. The number of halogens is 1. The number of amides is 1. The van der Waals surface area contributed by atoms with E-state index in [1.165, 1.54) is 42.3 Å². The minimum absolute atomic E-state index is 0.0782. The molecule has 0 aromatic heterocycles. The van der Waals surface area contributed by atoms with Crippen molar-refractivity contribution in [3.63, 3.8) is 0 Å². The number of phenols is 1. The smallest absolute Gasteiger partial charge is 0.270 e. The summed E-state index contributed by atoms with van der Waals surface area (Å²) in [5.41, 5.74) is 0.914. The third-order valence-corrected chi connectivity index (χ3v) is 5.27. The van der Waals surface area contributed by atoms with Crippen LogP contribution in [-0.4, -0.2) is 27.4 Å². The lowest BCUT2D eigenvalue weighted by atomic mass is 10.1. The molecule has 27 heavy (non-hydrogen) atoms. The molecule has 7 nitrogen and oxygen atoms in total. The van der Waals surface area contributed by atoms with Crippen LogP contribution in [0.5, 0.6) is 11.5 Å². The Balaban J connectivity index is 1.93. The van der Waals surface area contributed by atoms with Crippen LogP contribution >= 0.6 is 35.6 Å². The van der Waals surface area contributed by atoms with Crippen LogP contribution in [0.4, 0.5) is 11.4 Å². The van der Waals surface area contributed by atoms with Crippen molar-refractivity contribution in [3.05, 3.63) is 62.0 Å².